The van der Waals surface area contributed by atoms with Crippen LogP contribution in [0.2, 0.25) is 0 Å². The SMILES string of the molecule is CC.COc1cc(N2CCCCC2)ccc1Nc1ncc(C(=O)N(C)c2ccccc2)c(Nc2cccc(NC(=O)/C=C/CN(C)C)c2)n1. The molecule has 0 spiro atoms. The van der Waals surface area contributed by atoms with Crippen molar-refractivity contribution in [2.24, 2.45) is 0 Å². The van der Waals surface area contributed by atoms with E-state index in [1.54, 1.807) is 37.3 Å². The van der Waals surface area contributed by atoms with E-state index in [0.29, 0.717) is 35.2 Å². The molecule has 1 aliphatic rings. The van der Waals surface area contributed by atoms with Crippen molar-refractivity contribution in [1.29, 1.82) is 0 Å². The predicted molar refractivity (Wildman–Crippen MR) is 201 cm³/mol. The standard InChI is InChI=1S/C36H42N8O3.C2H6/c1-42(2)20-12-17-33(45)38-26-13-11-14-27(23-26)39-34-30(35(46)43(3)28-15-7-5-8-16-28)25-37-36(41-34)40-31-19-18-29(24-32(31)47-4)44-21-9-6-10-22-44;1-2/h5,7-8,11-19,23-25H,6,9-10,20-22H2,1-4H3,(H,38,45)(H2,37,39,40,41);1-2H3/b17-12+;. The van der Waals surface area contributed by atoms with Gasteiger partial charge in [0.1, 0.15) is 17.1 Å². The van der Waals surface area contributed by atoms with Crippen molar-refractivity contribution < 1.29 is 14.3 Å². The van der Waals surface area contributed by atoms with Crippen LogP contribution >= 0.6 is 0 Å². The number of nitrogens with one attached hydrogen (secondary N) is 3. The third-order valence-corrected chi connectivity index (χ3v) is 7.75. The zero-order chi connectivity index (χ0) is 35.2. The smallest absolute Gasteiger partial charge is 0.263 e. The molecule has 5 rings (SSSR count). The molecule has 49 heavy (non-hydrogen) atoms. The Morgan fingerprint density at radius 1 is 0.898 bits per heavy atom. The van der Waals surface area contributed by atoms with Crippen LogP contribution in [0.15, 0.2) is 91.1 Å². The Hall–Kier alpha value is -5.42. The number of hydrogen-bond donors (Lipinski definition) is 3. The molecule has 0 bridgehead atoms. The summed E-state index contributed by atoms with van der Waals surface area (Å²) in [6, 6.07) is 22.7. The first-order valence-electron chi connectivity index (χ1n) is 16.7. The van der Waals surface area contributed by atoms with E-state index in [-0.39, 0.29) is 23.3 Å². The molecule has 1 aliphatic heterocycles. The van der Waals surface area contributed by atoms with Gasteiger partial charge in [-0.25, -0.2) is 4.98 Å². The van der Waals surface area contributed by atoms with Gasteiger partial charge in [-0.1, -0.05) is 44.2 Å². The van der Waals surface area contributed by atoms with Crippen LogP contribution in [0.1, 0.15) is 43.5 Å². The first kappa shape index (κ1) is 36.4. The molecule has 1 saturated heterocycles. The number of piperidine rings is 1. The van der Waals surface area contributed by atoms with E-state index in [4.69, 9.17) is 9.72 Å². The van der Waals surface area contributed by atoms with Gasteiger partial charge >= 0.3 is 0 Å². The zero-order valence-electron chi connectivity index (χ0n) is 29.4. The summed E-state index contributed by atoms with van der Waals surface area (Å²) in [5.41, 5.74) is 4.04. The van der Waals surface area contributed by atoms with Crippen molar-refractivity contribution in [3.63, 3.8) is 0 Å². The number of likely N-dealkylation sites (N-methyl/N-ethyl adjacent to an activating group) is 1. The minimum Gasteiger partial charge on any atom is -0.494 e. The van der Waals surface area contributed by atoms with Crippen molar-refractivity contribution in [1.82, 2.24) is 14.9 Å². The van der Waals surface area contributed by atoms with E-state index in [9.17, 15) is 9.59 Å². The minimum atomic E-state index is -0.288. The number of aromatic nitrogens is 2. The largest absolute Gasteiger partial charge is 0.494 e. The summed E-state index contributed by atoms with van der Waals surface area (Å²) in [5.74, 6) is 0.722. The summed E-state index contributed by atoms with van der Waals surface area (Å²) in [6.45, 7) is 6.71. The van der Waals surface area contributed by atoms with Gasteiger partial charge in [-0.3, -0.25) is 9.59 Å². The molecule has 11 nitrogen and oxygen atoms in total. The maximum Gasteiger partial charge on any atom is 0.263 e. The van der Waals surface area contributed by atoms with E-state index in [1.165, 1.54) is 31.5 Å². The molecular formula is C38H48N8O3. The van der Waals surface area contributed by atoms with Gasteiger partial charge < -0.3 is 35.4 Å². The highest BCUT2D eigenvalue weighted by Crippen LogP contribution is 2.33. The molecule has 3 aromatic carbocycles. The number of rotatable bonds is 12. The van der Waals surface area contributed by atoms with E-state index in [1.807, 2.05) is 87.4 Å². The lowest BCUT2D eigenvalue weighted by molar-refractivity contribution is -0.111. The van der Waals surface area contributed by atoms with Gasteiger partial charge in [0.2, 0.25) is 11.9 Å². The summed E-state index contributed by atoms with van der Waals surface area (Å²) < 4.78 is 5.74. The highest BCUT2D eigenvalue weighted by Gasteiger charge is 2.21. The minimum absolute atomic E-state index is 0.238. The molecule has 0 radical (unpaired) electrons. The summed E-state index contributed by atoms with van der Waals surface area (Å²) >= 11 is 0. The molecule has 2 heterocycles. The Labute approximate surface area is 290 Å². The third kappa shape index (κ3) is 10.3. The fraction of sp³-hybridized carbons (Fsp3) is 0.316. The molecule has 3 N–H and O–H groups in total. The number of hydrogen-bond acceptors (Lipinski definition) is 9. The van der Waals surface area contributed by atoms with Gasteiger partial charge in [-0.05, 0) is 75.8 Å². The van der Waals surface area contributed by atoms with Gasteiger partial charge in [-0.2, -0.15) is 4.98 Å². The lowest BCUT2D eigenvalue weighted by Gasteiger charge is -2.29. The van der Waals surface area contributed by atoms with Crippen molar-refractivity contribution >= 4 is 52.0 Å². The second-order valence-corrected chi connectivity index (χ2v) is 11.6. The van der Waals surface area contributed by atoms with Crippen LogP contribution < -0.4 is 30.5 Å². The lowest BCUT2D eigenvalue weighted by atomic mass is 10.1. The Bertz CT molecular complexity index is 1700. The number of benzene rings is 3. The molecule has 0 saturated carbocycles. The molecule has 2 amide bonds. The van der Waals surface area contributed by atoms with Gasteiger partial charge in [0.25, 0.3) is 5.91 Å². The molecule has 258 valence electrons. The number of nitrogens with zero attached hydrogens (tertiary/aromatic N) is 5. The van der Waals surface area contributed by atoms with Crippen LogP contribution in [0.5, 0.6) is 5.75 Å². The fourth-order valence-corrected chi connectivity index (χ4v) is 5.26. The molecular weight excluding hydrogens is 616 g/mol. The summed E-state index contributed by atoms with van der Waals surface area (Å²) in [5, 5.41) is 9.44. The van der Waals surface area contributed by atoms with Crippen molar-refractivity contribution in [2.45, 2.75) is 33.1 Å². The van der Waals surface area contributed by atoms with Gasteiger partial charge in [0, 0.05) is 67.8 Å². The third-order valence-electron chi connectivity index (χ3n) is 7.75. The van der Waals surface area contributed by atoms with Crippen molar-refractivity contribution in [3.05, 3.63) is 96.7 Å². The number of methoxy groups -OCH3 is 1. The summed E-state index contributed by atoms with van der Waals surface area (Å²) in [7, 11) is 7.22. The predicted octanol–water partition coefficient (Wildman–Crippen LogP) is 7.32. The molecule has 11 heteroatoms. The first-order valence-corrected chi connectivity index (χ1v) is 16.7. The number of ether oxygens (including phenoxy) is 1. The number of para-hydroxylation sites is 1. The highest BCUT2D eigenvalue weighted by atomic mass is 16.5. The van der Waals surface area contributed by atoms with E-state index >= 15 is 0 Å². The normalized spacial score (nSPS) is 12.6. The topological polar surface area (TPSA) is 115 Å². The number of anilines is 7. The Morgan fingerprint density at radius 3 is 2.35 bits per heavy atom. The fourth-order valence-electron chi connectivity index (χ4n) is 5.26. The average Bonchev–Trinajstić information content (AvgIpc) is 3.13. The Kier molecular flexibility index (Phi) is 13.5. The number of carbonyl (C=O) groups excluding carboxylic acids is 2. The van der Waals surface area contributed by atoms with Crippen LogP contribution in [-0.4, -0.2) is 74.6 Å². The maximum absolute atomic E-state index is 13.8. The molecule has 0 aliphatic carbocycles. The van der Waals surface area contributed by atoms with Gasteiger partial charge in [0.05, 0.1) is 12.8 Å². The summed E-state index contributed by atoms with van der Waals surface area (Å²) in [4.78, 5) is 41.4. The molecule has 0 unspecified atom stereocenters. The summed E-state index contributed by atoms with van der Waals surface area (Å²) in [6.07, 6.45) is 8.43. The van der Waals surface area contributed by atoms with E-state index in [2.05, 4.69) is 31.9 Å². The van der Waals surface area contributed by atoms with Gasteiger partial charge in [0.15, 0.2) is 0 Å². The zero-order valence-corrected chi connectivity index (χ0v) is 29.4. The Balaban J connectivity index is 0.00000265. The van der Waals surface area contributed by atoms with Gasteiger partial charge in [-0.15, -0.1) is 0 Å². The van der Waals surface area contributed by atoms with Crippen LogP contribution in [-0.2, 0) is 4.79 Å². The molecule has 4 aromatic rings. The average molecular weight is 665 g/mol. The lowest BCUT2D eigenvalue weighted by Crippen LogP contribution is -2.29. The number of carbonyl (C=O) groups is 2. The Morgan fingerprint density at radius 2 is 1.63 bits per heavy atom. The maximum atomic E-state index is 13.8. The number of amides is 2. The second-order valence-electron chi connectivity index (χ2n) is 11.6. The molecule has 1 aromatic heterocycles. The highest BCUT2D eigenvalue weighted by molar-refractivity contribution is 6.09. The van der Waals surface area contributed by atoms with E-state index < -0.39 is 0 Å². The van der Waals surface area contributed by atoms with E-state index in [0.717, 1.165) is 24.5 Å². The first-order chi connectivity index (χ1) is 23.8. The van der Waals surface area contributed by atoms with Crippen LogP contribution in [0.3, 0.4) is 0 Å². The molecule has 0 atom stereocenters. The van der Waals surface area contributed by atoms with Crippen LogP contribution in [0.25, 0.3) is 0 Å². The van der Waals surface area contributed by atoms with Crippen molar-refractivity contribution in [3.8, 4) is 5.75 Å². The second kappa shape index (κ2) is 18.2. The van der Waals surface area contributed by atoms with Crippen LogP contribution in [0.4, 0.5) is 40.2 Å². The molecule has 1 fully saturated rings. The van der Waals surface area contributed by atoms with Crippen LogP contribution in [0, 0.1) is 0 Å². The van der Waals surface area contributed by atoms with Crippen molar-refractivity contribution in [2.75, 3.05) is 73.6 Å². The quantitative estimate of drug-likeness (QED) is 0.134. The monoisotopic (exact) mass is 664 g/mol.